The number of nitrogens with two attached hydrogens (primary N) is 1. The Morgan fingerprint density at radius 2 is 2.12 bits per heavy atom. The van der Waals surface area contributed by atoms with Crippen molar-refractivity contribution in [3.8, 4) is 0 Å². The zero-order valence-corrected chi connectivity index (χ0v) is 10.7. The van der Waals surface area contributed by atoms with E-state index < -0.39 is 0 Å². The maximum Gasteiger partial charge on any atom is 0.220 e. The molecule has 1 aliphatic rings. The molecule has 0 aromatic rings. The predicted octanol–water partition coefficient (Wildman–Crippen LogP) is 2.06. The summed E-state index contributed by atoms with van der Waals surface area (Å²) in [7, 11) is 0. The fourth-order valence-corrected chi connectivity index (χ4v) is 2.16. The van der Waals surface area contributed by atoms with Gasteiger partial charge in [-0.3, -0.25) is 4.79 Å². The Morgan fingerprint density at radius 1 is 1.44 bits per heavy atom. The second kappa shape index (κ2) is 6.89. The van der Waals surface area contributed by atoms with Crippen LogP contribution in [0.1, 0.15) is 52.4 Å². The lowest BCUT2D eigenvalue weighted by molar-refractivity contribution is -0.122. The minimum absolute atomic E-state index is 0.217. The highest BCUT2D eigenvalue weighted by Gasteiger charge is 2.28. The molecule has 3 nitrogen and oxygen atoms in total. The van der Waals surface area contributed by atoms with Gasteiger partial charge in [0.05, 0.1) is 0 Å². The number of nitrogens with one attached hydrogen (secondary N) is 1. The molecule has 0 aromatic carbocycles. The Kier molecular flexibility index (Phi) is 5.81. The van der Waals surface area contributed by atoms with Crippen molar-refractivity contribution < 1.29 is 4.79 Å². The van der Waals surface area contributed by atoms with Crippen LogP contribution in [0.5, 0.6) is 0 Å². The Bertz CT molecular complexity index is 214. The highest BCUT2D eigenvalue weighted by Crippen LogP contribution is 2.32. The summed E-state index contributed by atoms with van der Waals surface area (Å²) in [5.74, 6) is 1.58. The van der Waals surface area contributed by atoms with Gasteiger partial charge in [-0.15, -0.1) is 0 Å². The minimum atomic E-state index is 0.217. The van der Waals surface area contributed by atoms with E-state index in [-0.39, 0.29) is 5.91 Å². The summed E-state index contributed by atoms with van der Waals surface area (Å²) in [5.41, 5.74) is 5.54. The van der Waals surface area contributed by atoms with E-state index >= 15 is 0 Å². The number of amides is 1. The van der Waals surface area contributed by atoms with Crippen LogP contribution in [-0.4, -0.2) is 18.5 Å². The Morgan fingerprint density at radius 3 is 2.62 bits per heavy atom. The summed E-state index contributed by atoms with van der Waals surface area (Å²) < 4.78 is 0. The molecule has 2 atom stereocenters. The first-order valence-corrected chi connectivity index (χ1v) is 6.66. The quantitative estimate of drug-likeness (QED) is 0.665. The number of carbonyl (C=O) groups is 1. The fourth-order valence-electron chi connectivity index (χ4n) is 2.16. The van der Waals surface area contributed by atoms with E-state index in [1.807, 2.05) is 0 Å². The summed E-state index contributed by atoms with van der Waals surface area (Å²) in [6.45, 7) is 5.02. The molecule has 3 N–H and O–H groups in total. The molecule has 3 heteroatoms. The molecule has 0 radical (unpaired) electrons. The molecule has 1 amide bonds. The van der Waals surface area contributed by atoms with E-state index in [4.69, 9.17) is 5.73 Å². The number of carbonyl (C=O) groups excluding carboxylic acids is 1. The average molecular weight is 226 g/mol. The lowest BCUT2D eigenvalue weighted by atomic mass is 9.96. The molecule has 0 heterocycles. The summed E-state index contributed by atoms with van der Waals surface area (Å²) in [6, 6.07) is 0.377. The molecule has 0 aromatic heterocycles. The van der Waals surface area contributed by atoms with Crippen molar-refractivity contribution in [3.63, 3.8) is 0 Å². The van der Waals surface area contributed by atoms with Crippen molar-refractivity contribution >= 4 is 5.91 Å². The van der Waals surface area contributed by atoms with Crippen LogP contribution in [0.2, 0.25) is 0 Å². The van der Waals surface area contributed by atoms with Crippen LogP contribution in [0.25, 0.3) is 0 Å². The second-order valence-corrected chi connectivity index (χ2v) is 5.08. The molecular formula is C13H26N2O. The topological polar surface area (TPSA) is 55.1 Å². The third-order valence-electron chi connectivity index (χ3n) is 3.65. The highest BCUT2D eigenvalue weighted by molar-refractivity contribution is 5.76. The van der Waals surface area contributed by atoms with Crippen LogP contribution in [0.4, 0.5) is 0 Å². The molecule has 1 saturated carbocycles. The van der Waals surface area contributed by atoms with Gasteiger partial charge in [0.25, 0.3) is 0 Å². The van der Waals surface area contributed by atoms with Crippen molar-refractivity contribution in [1.29, 1.82) is 0 Å². The van der Waals surface area contributed by atoms with Crippen LogP contribution < -0.4 is 11.1 Å². The molecule has 2 unspecified atom stereocenters. The van der Waals surface area contributed by atoms with Crippen molar-refractivity contribution in [1.82, 2.24) is 5.32 Å². The SMILES string of the molecule is CCC(CCN)CCC(=O)NC(C)C1CC1. The van der Waals surface area contributed by atoms with Gasteiger partial charge < -0.3 is 11.1 Å². The van der Waals surface area contributed by atoms with E-state index in [0.717, 1.165) is 31.7 Å². The van der Waals surface area contributed by atoms with Crippen LogP contribution in [-0.2, 0) is 4.79 Å². The molecule has 1 fully saturated rings. The standard InChI is InChI=1S/C13H26N2O/c1-3-11(8-9-14)4-7-13(16)15-10(2)12-5-6-12/h10-12H,3-9,14H2,1-2H3,(H,15,16). The fraction of sp³-hybridized carbons (Fsp3) is 0.923. The molecule has 0 aliphatic heterocycles. The van der Waals surface area contributed by atoms with Gasteiger partial charge in [0, 0.05) is 12.5 Å². The zero-order valence-electron chi connectivity index (χ0n) is 10.7. The van der Waals surface area contributed by atoms with E-state index in [1.54, 1.807) is 0 Å². The first kappa shape index (κ1) is 13.5. The van der Waals surface area contributed by atoms with Gasteiger partial charge in [0.2, 0.25) is 5.91 Å². The van der Waals surface area contributed by atoms with Gasteiger partial charge >= 0.3 is 0 Å². The molecule has 16 heavy (non-hydrogen) atoms. The van der Waals surface area contributed by atoms with Crippen molar-refractivity contribution in [2.45, 2.75) is 58.4 Å². The minimum Gasteiger partial charge on any atom is -0.353 e. The smallest absolute Gasteiger partial charge is 0.220 e. The Balaban J connectivity index is 2.12. The van der Waals surface area contributed by atoms with E-state index in [9.17, 15) is 4.79 Å². The van der Waals surface area contributed by atoms with Crippen LogP contribution in [0.15, 0.2) is 0 Å². The highest BCUT2D eigenvalue weighted by atomic mass is 16.1. The van der Waals surface area contributed by atoms with Crippen molar-refractivity contribution in [2.75, 3.05) is 6.54 Å². The van der Waals surface area contributed by atoms with Crippen LogP contribution in [0.3, 0.4) is 0 Å². The average Bonchev–Trinajstić information content (AvgIpc) is 3.07. The van der Waals surface area contributed by atoms with E-state index in [2.05, 4.69) is 19.2 Å². The van der Waals surface area contributed by atoms with Gasteiger partial charge in [-0.2, -0.15) is 0 Å². The van der Waals surface area contributed by atoms with Crippen molar-refractivity contribution in [3.05, 3.63) is 0 Å². The lowest BCUT2D eigenvalue weighted by Crippen LogP contribution is -2.34. The van der Waals surface area contributed by atoms with E-state index in [1.165, 1.54) is 12.8 Å². The third-order valence-corrected chi connectivity index (χ3v) is 3.65. The zero-order chi connectivity index (χ0) is 12.0. The molecule has 1 rings (SSSR count). The number of rotatable bonds is 8. The van der Waals surface area contributed by atoms with Gasteiger partial charge in [-0.05, 0) is 51.0 Å². The molecular weight excluding hydrogens is 200 g/mol. The van der Waals surface area contributed by atoms with E-state index in [0.29, 0.717) is 18.4 Å². The summed E-state index contributed by atoms with van der Waals surface area (Å²) in [5, 5.41) is 3.09. The summed E-state index contributed by atoms with van der Waals surface area (Å²) in [4.78, 5) is 11.7. The maximum atomic E-state index is 11.7. The Hall–Kier alpha value is -0.570. The van der Waals surface area contributed by atoms with Gasteiger partial charge in [-0.25, -0.2) is 0 Å². The molecule has 1 aliphatic carbocycles. The Labute approximate surface area is 99.2 Å². The first-order chi connectivity index (χ1) is 7.67. The molecule has 0 bridgehead atoms. The van der Waals surface area contributed by atoms with Gasteiger partial charge in [-0.1, -0.05) is 13.3 Å². The normalized spacial score (nSPS) is 19.2. The lowest BCUT2D eigenvalue weighted by Gasteiger charge is -2.15. The van der Waals surface area contributed by atoms with Gasteiger partial charge in [0.1, 0.15) is 0 Å². The first-order valence-electron chi connectivity index (χ1n) is 6.66. The third kappa shape index (κ3) is 4.97. The molecule has 94 valence electrons. The summed E-state index contributed by atoms with van der Waals surface area (Å²) >= 11 is 0. The van der Waals surface area contributed by atoms with Crippen molar-refractivity contribution in [2.24, 2.45) is 17.6 Å². The molecule has 0 saturated heterocycles. The predicted molar refractivity (Wildman–Crippen MR) is 67.0 cm³/mol. The van der Waals surface area contributed by atoms with Crippen LogP contribution in [0, 0.1) is 11.8 Å². The second-order valence-electron chi connectivity index (χ2n) is 5.08. The van der Waals surface area contributed by atoms with Crippen LogP contribution >= 0.6 is 0 Å². The monoisotopic (exact) mass is 226 g/mol. The van der Waals surface area contributed by atoms with Gasteiger partial charge in [0.15, 0.2) is 0 Å². The number of hydrogen-bond acceptors (Lipinski definition) is 2. The molecule has 0 spiro atoms. The number of hydrogen-bond donors (Lipinski definition) is 2. The largest absolute Gasteiger partial charge is 0.353 e. The summed E-state index contributed by atoms with van der Waals surface area (Å²) in [6.07, 6.45) is 6.38. The maximum absolute atomic E-state index is 11.7.